The lowest BCUT2D eigenvalue weighted by Gasteiger charge is -2.32. The summed E-state index contributed by atoms with van der Waals surface area (Å²) in [4.78, 5) is 2.46. The smallest absolute Gasteiger partial charge is 0.125 e. The van der Waals surface area contributed by atoms with Crippen molar-refractivity contribution in [3.63, 3.8) is 0 Å². The number of anilines is 1. The summed E-state index contributed by atoms with van der Waals surface area (Å²) < 4.78 is 5.59. The predicted molar refractivity (Wildman–Crippen MR) is 85.7 cm³/mol. The van der Waals surface area contributed by atoms with Crippen LogP contribution in [0.3, 0.4) is 0 Å². The van der Waals surface area contributed by atoms with E-state index in [0.29, 0.717) is 0 Å². The molecule has 2 rings (SSSR count). The van der Waals surface area contributed by atoms with Crippen molar-refractivity contribution in [1.29, 1.82) is 0 Å². The third-order valence-electron chi connectivity index (χ3n) is 3.88. The van der Waals surface area contributed by atoms with Gasteiger partial charge in [0.1, 0.15) is 5.75 Å². The molecule has 0 bridgehead atoms. The highest BCUT2D eigenvalue weighted by molar-refractivity contribution is 5.61. The van der Waals surface area contributed by atoms with E-state index in [-0.39, 0.29) is 6.04 Å². The minimum absolute atomic E-state index is 0.289. The van der Waals surface area contributed by atoms with Gasteiger partial charge in [0.25, 0.3) is 0 Å². The molecular weight excluding hydrogens is 248 g/mol. The van der Waals surface area contributed by atoms with E-state index in [9.17, 15) is 0 Å². The first-order chi connectivity index (χ1) is 9.67. The maximum atomic E-state index is 5.59. The van der Waals surface area contributed by atoms with E-state index in [1.54, 1.807) is 7.11 Å². The van der Waals surface area contributed by atoms with E-state index in [0.717, 1.165) is 31.8 Å². The predicted octanol–water partition coefficient (Wildman–Crippen LogP) is 3.52. The van der Waals surface area contributed by atoms with Crippen LogP contribution >= 0.6 is 0 Å². The number of rotatable bonds is 5. The minimum Gasteiger partial charge on any atom is -0.496 e. The quantitative estimate of drug-likeness (QED) is 0.831. The zero-order valence-electron chi connectivity index (χ0n) is 13.1. The molecule has 0 fully saturated rings. The van der Waals surface area contributed by atoms with Gasteiger partial charge in [-0.25, -0.2) is 0 Å². The van der Waals surface area contributed by atoms with E-state index < -0.39 is 0 Å². The van der Waals surface area contributed by atoms with Gasteiger partial charge in [0.15, 0.2) is 0 Å². The number of nitrogens with one attached hydrogen (secondary N) is 1. The molecule has 1 aliphatic heterocycles. The minimum atomic E-state index is 0.289. The normalized spacial score (nSPS) is 16.8. The fourth-order valence-corrected chi connectivity index (χ4v) is 2.95. The van der Waals surface area contributed by atoms with Crippen molar-refractivity contribution in [1.82, 2.24) is 5.32 Å². The summed E-state index contributed by atoms with van der Waals surface area (Å²) in [6.07, 6.45) is 3.46. The van der Waals surface area contributed by atoms with E-state index >= 15 is 0 Å². The Labute approximate surface area is 122 Å². The van der Waals surface area contributed by atoms with E-state index in [2.05, 4.69) is 55.3 Å². The van der Waals surface area contributed by atoms with Crippen molar-refractivity contribution in [2.45, 2.75) is 33.2 Å². The first-order valence-electron chi connectivity index (χ1n) is 7.48. The van der Waals surface area contributed by atoms with Gasteiger partial charge in [-0.15, -0.1) is 0 Å². The molecule has 1 N–H and O–H groups in total. The SMILES string of the molecule is CCNC(C)c1c(OC)cccc1N1CCC=C(C)C1. The van der Waals surface area contributed by atoms with E-state index in [4.69, 9.17) is 4.74 Å². The summed E-state index contributed by atoms with van der Waals surface area (Å²) in [5, 5.41) is 3.51. The van der Waals surface area contributed by atoms with Crippen molar-refractivity contribution < 1.29 is 4.74 Å². The van der Waals surface area contributed by atoms with E-state index in [1.807, 2.05) is 0 Å². The number of methoxy groups -OCH3 is 1. The third-order valence-corrected chi connectivity index (χ3v) is 3.88. The maximum absolute atomic E-state index is 5.59. The number of hydrogen-bond donors (Lipinski definition) is 1. The Hall–Kier alpha value is -1.48. The molecule has 1 unspecified atom stereocenters. The molecule has 110 valence electrons. The summed E-state index contributed by atoms with van der Waals surface area (Å²) in [7, 11) is 1.75. The van der Waals surface area contributed by atoms with Crippen LogP contribution < -0.4 is 15.0 Å². The molecule has 0 radical (unpaired) electrons. The van der Waals surface area contributed by atoms with Crippen molar-refractivity contribution in [2.75, 3.05) is 31.6 Å². The maximum Gasteiger partial charge on any atom is 0.125 e. The van der Waals surface area contributed by atoms with Gasteiger partial charge in [0.2, 0.25) is 0 Å². The fourth-order valence-electron chi connectivity index (χ4n) is 2.95. The van der Waals surface area contributed by atoms with Gasteiger partial charge in [0.05, 0.1) is 7.11 Å². The lowest BCUT2D eigenvalue weighted by Crippen LogP contribution is -2.31. The lowest BCUT2D eigenvalue weighted by atomic mass is 10.0. The number of benzene rings is 1. The molecule has 1 aromatic carbocycles. The highest BCUT2D eigenvalue weighted by Crippen LogP contribution is 2.35. The van der Waals surface area contributed by atoms with Crippen LogP contribution in [0.4, 0.5) is 5.69 Å². The molecule has 0 aromatic heterocycles. The molecule has 0 aliphatic carbocycles. The van der Waals surface area contributed by atoms with Gasteiger partial charge in [-0.3, -0.25) is 0 Å². The molecule has 1 atom stereocenters. The van der Waals surface area contributed by atoms with Crippen LogP contribution in [0.15, 0.2) is 29.8 Å². The summed E-state index contributed by atoms with van der Waals surface area (Å²) in [6.45, 7) is 9.60. The molecule has 3 heteroatoms. The van der Waals surface area contributed by atoms with E-state index in [1.165, 1.54) is 16.8 Å². The standard InChI is InChI=1S/C17H26N2O/c1-5-18-14(3)17-15(9-6-10-16(17)20-4)19-11-7-8-13(2)12-19/h6,8-10,14,18H,5,7,11-12H2,1-4H3. The molecule has 0 saturated carbocycles. The number of hydrogen-bond acceptors (Lipinski definition) is 3. The Bertz CT molecular complexity index is 482. The Morgan fingerprint density at radius 3 is 2.85 bits per heavy atom. The van der Waals surface area contributed by atoms with Gasteiger partial charge >= 0.3 is 0 Å². The number of ether oxygens (including phenoxy) is 1. The molecule has 1 aliphatic rings. The molecular formula is C17H26N2O. The molecule has 1 aromatic rings. The van der Waals surface area contributed by atoms with Crippen LogP contribution in [0.2, 0.25) is 0 Å². The summed E-state index contributed by atoms with van der Waals surface area (Å²) in [6, 6.07) is 6.64. The summed E-state index contributed by atoms with van der Waals surface area (Å²) in [5.41, 5.74) is 4.01. The average Bonchev–Trinajstić information content (AvgIpc) is 2.46. The van der Waals surface area contributed by atoms with Crippen molar-refractivity contribution in [3.05, 3.63) is 35.4 Å². The van der Waals surface area contributed by atoms with Gasteiger partial charge in [-0.2, -0.15) is 0 Å². The molecule has 1 heterocycles. The van der Waals surface area contributed by atoms with Crippen LogP contribution in [0.5, 0.6) is 5.75 Å². The molecule has 0 amide bonds. The first-order valence-corrected chi connectivity index (χ1v) is 7.48. The van der Waals surface area contributed by atoms with Crippen LogP contribution in [0.1, 0.15) is 38.8 Å². The van der Waals surface area contributed by atoms with Crippen LogP contribution in [0.25, 0.3) is 0 Å². The highest BCUT2D eigenvalue weighted by atomic mass is 16.5. The van der Waals surface area contributed by atoms with Gasteiger partial charge < -0.3 is 15.0 Å². The average molecular weight is 274 g/mol. The zero-order chi connectivity index (χ0) is 14.5. The highest BCUT2D eigenvalue weighted by Gasteiger charge is 2.20. The largest absolute Gasteiger partial charge is 0.496 e. The lowest BCUT2D eigenvalue weighted by molar-refractivity contribution is 0.402. The van der Waals surface area contributed by atoms with Gasteiger partial charge in [-0.05, 0) is 38.9 Å². The molecule has 20 heavy (non-hydrogen) atoms. The second-order valence-corrected chi connectivity index (χ2v) is 5.43. The number of nitrogens with zero attached hydrogens (tertiary/aromatic N) is 1. The second-order valence-electron chi connectivity index (χ2n) is 5.43. The second kappa shape index (κ2) is 6.80. The van der Waals surface area contributed by atoms with Crippen molar-refractivity contribution >= 4 is 5.69 Å². The fraction of sp³-hybridized carbons (Fsp3) is 0.529. The monoisotopic (exact) mass is 274 g/mol. The molecule has 3 nitrogen and oxygen atoms in total. The summed E-state index contributed by atoms with van der Waals surface area (Å²) in [5.74, 6) is 0.975. The Balaban J connectivity index is 2.38. The van der Waals surface area contributed by atoms with Crippen LogP contribution in [0, 0.1) is 0 Å². The van der Waals surface area contributed by atoms with Crippen molar-refractivity contribution in [2.24, 2.45) is 0 Å². The Morgan fingerprint density at radius 2 is 2.20 bits per heavy atom. The molecule has 0 saturated heterocycles. The van der Waals surface area contributed by atoms with Crippen LogP contribution in [-0.2, 0) is 0 Å². The topological polar surface area (TPSA) is 24.5 Å². The van der Waals surface area contributed by atoms with Gasteiger partial charge in [0, 0.05) is 30.4 Å². The zero-order valence-corrected chi connectivity index (χ0v) is 13.1. The van der Waals surface area contributed by atoms with Crippen molar-refractivity contribution in [3.8, 4) is 5.75 Å². The Kier molecular flexibility index (Phi) is 5.07. The first kappa shape index (κ1) is 14.9. The summed E-state index contributed by atoms with van der Waals surface area (Å²) >= 11 is 0. The Morgan fingerprint density at radius 1 is 1.40 bits per heavy atom. The van der Waals surface area contributed by atoms with Gasteiger partial charge in [-0.1, -0.05) is 24.6 Å². The third kappa shape index (κ3) is 3.15. The molecule has 0 spiro atoms. The van der Waals surface area contributed by atoms with Crippen LogP contribution in [-0.4, -0.2) is 26.7 Å².